The highest BCUT2D eigenvalue weighted by atomic mass is 35.5. The van der Waals surface area contributed by atoms with E-state index in [0.29, 0.717) is 72.2 Å². The molecule has 0 radical (unpaired) electrons. The van der Waals surface area contributed by atoms with Crippen LogP contribution in [0.2, 0.25) is 15.1 Å². The van der Waals surface area contributed by atoms with Crippen molar-refractivity contribution in [2.24, 2.45) is 0 Å². The summed E-state index contributed by atoms with van der Waals surface area (Å²) in [6.45, 7) is 0. The number of halogens is 3. The minimum atomic E-state index is 0.399. The highest BCUT2D eigenvalue weighted by Crippen LogP contribution is 2.56. The molecule has 0 spiro atoms. The Morgan fingerprint density at radius 1 is 0.182 bits per heavy atom. The number of para-hydroxylation sites is 10. The molecule has 0 bridgehead atoms. The average molecular weight is 1200 g/mol. The second-order valence-electron chi connectivity index (χ2n) is 20.5. The van der Waals surface area contributed by atoms with E-state index in [9.17, 15) is 0 Å². The Labute approximate surface area is 528 Å². The zero-order valence-corrected chi connectivity index (χ0v) is 49.8. The monoisotopic (exact) mass is 1200 g/mol. The van der Waals surface area contributed by atoms with Gasteiger partial charge < -0.3 is 34.0 Å². The quantitative estimate of drug-likeness (QED) is 0.0798. The number of hydrogen-bond acceptors (Lipinski definition) is 7. The van der Waals surface area contributed by atoms with E-state index in [4.69, 9.17) is 44.3 Å². The molecule has 0 saturated carbocycles. The predicted molar refractivity (Wildman–Crippen MR) is 368 cm³/mol. The molecule has 0 aliphatic carbocycles. The maximum absolute atomic E-state index is 8.52. The molecular weight excluding hydrogens is 1150 g/mol. The number of ether oxygens (including phenoxy) is 2. The van der Waals surface area contributed by atoms with Crippen molar-refractivity contribution in [3.63, 3.8) is 0 Å². The molecule has 0 aliphatic rings. The molecule has 0 aliphatic heterocycles. The van der Waals surface area contributed by atoms with Gasteiger partial charge in [0.05, 0.1) is 44.8 Å². The zero-order chi connectivity index (χ0) is 59.6. The van der Waals surface area contributed by atoms with Gasteiger partial charge in [0.1, 0.15) is 33.0 Å². The summed E-state index contributed by atoms with van der Waals surface area (Å²) in [5.74, 6) is 2.08. The van der Waals surface area contributed by atoms with Crippen LogP contribution < -0.4 is 34.0 Å². The molecular formula is C78H56Cl3N5O2. The van der Waals surface area contributed by atoms with Crippen LogP contribution in [0.5, 0.6) is 23.0 Å². The first-order valence-electron chi connectivity index (χ1n) is 28.8. The van der Waals surface area contributed by atoms with Crippen molar-refractivity contribution in [3.8, 4) is 23.0 Å². The number of anilines is 15. The summed E-state index contributed by atoms with van der Waals surface area (Å²) in [5, 5.41) is 1.21. The summed E-state index contributed by atoms with van der Waals surface area (Å²) < 4.78 is 13.8. The molecule has 13 aromatic rings. The van der Waals surface area contributed by atoms with Crippen LogP contribution in [0.4, 0.5) is 85.3 Å². The van der Waals surface area contributed by atoms with E-state index in [1.165, 1.54) is 0 Å². The molecule has 0 amide bonds. The first kappa shape index (κ1) is 56.5. The lowest BCUT2D eigenvalue weighted by Gasteiger charge is -2.35. The van der Waals surface area contributed by atoms with Crippen LogP contribution in [0.15, 0.2) is 340 Å². The summed E-state index contributed by atoms with van der Waals surface area (Å²) in [5.41, 5.74) is 11.8. The average Bonchev–Trinajstić information content (AvgIpc) is 1.53. The third kappa shape index (κ3) is 12.1. The third-order valence-corrected chi connectivity index (χ3v) is 16.0. The van der Waals surface area contributed by atoms with Gasteiger partial charge in [0.25, 0.3) is 0 Å². The molecule has 13 aromatic carbocycles. The fraction of sp³-hybridized carbons (Fsp3) is 0. The van der Waals surface area contributed by atoms with E-state index in [-0.39, 0.29) is 0 Å². The van der Waals surface area contributed by atoms with Gasteiger partial charge in [-0.3, -0.25) is 0 Å². The Bertz CT molecular complexity index is 4050. The minimum Gasteiger partial charge on any atom is -0.456 e. The van der Waals surface area contributed by atoms with Crippen LogP contribution in [-0.2, 0) is 0 Å². The van der Waals surface area contributed by atoms with E-state index in [0.717, 1.165) is 51.2 Å². The van der Waals surface area contributed by atoms with Gasteiger partial charge >= 0.3 is 0 Å². The van der Waals surface area contributed by atoms with E-state index in [2.05, 4.69) is 170 Å². The first-order valence-corrected chi connectivity index (χ1v) is 29.9. The molecule has 7 nitrogen and oxygen atoms in total. The lowest BCUT2D eigenvalue weighted by molar-refractivity contribution is 0.483. The molecule has 0 aromatic heterocycles. The van der Waals surface area contributed by atoms with Gasteiger partial charge in [0.15, 0.2) is 0 Å². The van der Waals surface area contributed by atoms with Crippen LogP contribution in [0.25, 0.3) is 0 Å². The summed E-state index contributed by atoms with van der Waals surface area (Å²) in [6.07, 6.45) is 0. The lowest BCUT2D eigenvalue weighted by Crippen LogP contribution is -2.18. The van der Waals surface area contributed by atoms with Crippen molar-refractivity contribution in [2.45, 2.75) is 0 Å². The van der Waals surface area contributed by atoms with Gasteiger partial charge in [0, 0.05) is 57.6 Å². The summed E-state index contributed by atoms with van der Waals surface area (Å²) >= 11 is 24.1. The van der Waals surface area contributed by atoms with Gasteiger partial charge in [-0.2, -0.15) is 0 Å². The van der Waals surface area contributed by atoms with Crippen LogP contribution in [-0.4, -0.2) is 0 Å². The number of nitrogens with zero attached hydrogens (tertiary/aromatic N) is 5. The second-order valence-corrected chi connectivity index (χ2v) is 21.7. The van der Waals surface area contributed by atoms with Crippen LogP contribution in [0, 0.1) is 0 Å². The Kier molecular flexibility index (Phi) is 16.9. The third-order valence-electron chi connectivity index (χ3n) is 14.8. The van der Waals surface area contributed by atoms with Gasteiger partial charge in [-0.25, -0.2) is 0 Å². The largest absolute Gasteiger partial charge is 0.456 e. The molecule has 10 heteroatoms. The standard InChI is InChI=1S/C78H56Cl3N5O2/c79-76-70(85(63-43-23-7-24-44-63)66-53-72(77(80)74(55-66)87-68-47-27-9-28-48-68)83(59-35-15-3-16-36-59)60-37-17-4-18-38-60)51-65(82(57-31-11-1-12-32-57)58-33-13-2-14-34-58)52-71(76)86(64-45-25-8-26-46-64)67-54-73(78(81)75(56-67)88-69-49-29-10-30-50-69)84(61-39-19-5-20-40-61)62-41-21-6-22-42-62/h1-56H. The molecule has 0 fully saturated rings. The highest BCUT2D eigenvalue weighted by molar-refractivity contribution is 6.38. The molecule has 88 heavy (non-hydrogen) atoms. The molecule has 0 saturated heterocycles. The second kappa shape index (κ2) is 26.3. The van der Waals surface area contributed by atoms with E-state index < -0.39 is 0 Å². The smallest absolute Gasteiger partial charge is 0.150 e. The predicted octanol–water partition coefficient (Wildman–Crippen LogP) is 24.6. The Morgan fingerprint density at radius 3 is 0.602 bits per heavy atom. The summed E-state index contributed by atoms with van der Waals surface area (Å²) in [4.78, 5) is 10.9. The minimum absolute atomic E-state index is 0.399. The Balaban J connectivity index is 1.13. The van der Waals surface area contributed by atoms with Crippen molar-refractivity contribution in [1.82, 2.24) is 0 Å². The zero-order valence-electron chi connectivity index (χ0n) is 47.5. The van der Waals surface area contributed by atoms with Crippen LogP contribution >= 0.6 is 34.8 Å². The maximum atomic E-state index is 8.52. The Morgan fingerprint density at radius 2 is 0.364 bits per heavy atom. The molecule has 13 rings (SSSR count). The van der Waals surface area contributed by atoms with Gasteiger partial charge in [0.2, 0.25) is 0 Å². The van der Waals surface area contributed by atoms with Gasteiger partial charge in [-0.05, 0) is 146 Å². The van der Waals surface area contributed by atoms with Crippen molar-refractivity contribution < 1.29 is 9.47 Å². The first-order chi connectivity index (χ1) is 43.4. The molecule has 0 heterocycles. The van der Waals surface area contributed by atoms with Crippen molar-refractivity contribution in [1.29, 1.82) is 0 Å². The summed E-state index contributed by atoms with van der Waals surface area (Å²) in [7, 11) is 0. The Hall–Kier alpha value is -10.7. The molecule has 0 atom stereocenters. The maximum Gasteiger partial charge on any atom is 0.150 e. The number of benzene rings is 13. The SMILES string of the molecule is Clc1c(Oc2ccccc2)cc(N(c2ccccc2)c2cc(N(c3ccccc3)c3ccccc3)cc(N(c3ccccc3)c3cc(Oc4ccccc4)c(Cl)c(N(c4ccccc4)c4ccccc4)c3)c2Cl)cc1N(c1ccccc1)c1ccccc1. The molecule has 0 unspecified atom stereocenters. The van der Waals surface area contributed by atoms with Gasteiger partial charge in [-0.15, -0.1) is 0 Å². The van der Waals surface area contributed by atoms with E-state index >= 15 is 0 Å². The normalized spacial score (nSPS) is 10.9. The number of hydrogen-bond donors (Lipinski definition) is 0. The topological polar surface area (TPSA) is 34.7 Å². The van der Waals surface area contributed by atoms with Crippen LogP contribution in [0.1, 0.15) is 0 Å². The fourth-order valence-electron chi connectivity index (χ4n) is 10.9. The van der Waals surface area contributed by atoms with Crippen molar-refractivity contribution >= 4 is 120 Å². The lowest BCUT2D eigenvalue weighted by atomic mass is 10.1. The van der Waals surface area contributed by atoms with Crippen molar-refractivity contribution in [2.75, 3.05) is 24.5 Å². The summed E-state index contributed by atoms with van der Waals surface area (Å²) in [6, 6.07) is 114. The number of rotatable bonds is 19. The highest BCUT2D eigenvalue weighted by Gasteiger charge is 2.31. The molecule has 0 N–H and O–H groups in total. The van der Waals surface area contributed by atoms with E-state index in [1.807, 2.05) is 194 Å². The molecule has 426 valence electrons. The van der Waals surface area contributed by atoms with Crippen molar-refractivity contribution in [3.05, 3.63) is 355 Å². The van der Waals surface area contributed by atoms with E-state index in [1.54, 1.807) is 0 Å². The van der Waals surface area contributed by atoms with Gasteiger partial charge in [-0.1, -0.05) is 217 Å². The van der Waals surface area contributed by atoms with Crippen LogP contribution in [0.3, 0.4) is 0 Å². The fourth-order valence-corrected chi connectivity index (χ4v) is 11.7.